The lowest BCUT2D eigenvalue weighted by Gasteiger charge is -2.43. The van der Waals surface area contributed by atoms with E-state index in [-0.39, 0.29) is 11.1 Å². The minimum absolute atomic E-state index is 0.204. The topological polar surface area (TPSA) is 155 Å². The van der Waals surface area contributed by atoms with Crippen LogP contribution in [-0.4, -0.2) is 79.3 Å². The largest absolute Gasteiger partial charge is 0.394 e. The van der Waals surface area contributed by atoms with E-state index in [0.29, 0.717) is 12.8 Å². The summed E-state index contributed by atoms with van der Waals surface area (Å²) in [6.07, 6.45) is -6.27. The van der Waals surface area contributed by atoms with Crippen molar-refractivity contribution in [2.45, 2.75) is 76.0 Å². The molecule has 0 saturated carbocycles. The van der Waals surface area contributed by atoms with Crippen molar-refractivity contribution in [1.82, 2.24) is 10.7 Å². The first kappa shape index (κ1) is 20.9. The van der Waals surface area contributed by atoms with Crippen LogP contribution in [0.3, 0.4) is 0 Å². The van der Waals surface area contributed by atoms with E-state index in [2.05, 4.69) is 15.8 Å². The van der Waals surface area contributed by atoms with Gasteiger partial charge in [0, 0.05) is 29.6 Å². The molecule has 1 fully saturated rings. The third-order valence-electron chi connectivity index (χ3n) is 3.82. The normalized spacial score (nSPS) is 24.6. The van der Waals surface area contributed by atoms with Gasteiger partial charge in [0.25, 0.3) is 5.91 Å². The van der Waals surface area contributed by atoms with Gasteiger partial charge in [-0.25, -0.2) is 5.43 Å². The molecule has 9 nitrogen and oxygen atoms in total. The lowest BCUT2D eigenvalue weighted by molar-refractivity contribution is -0.148. The number of nitrogens with zero attached hydrogens (tertiary/aromatic N) is 1. The summed E-state index contributed by atoms with van der Waals surface area (Å²) in [4.78, 5) is 11.9. The Hall–Kier alpha value is -1.10. The molecular formula is C15H29N3O6. The molecule has 1 rings (SSSR count). The third-order valence-corrected chi connectivity index (χ3v) is 3.82. The molecule has 0 aliphatic carbocycles. The fourth-order valence-electron chi connectivity index (χ4n) is 3.04. The van der Waals surface area contributed by atoms with E-state index in [0.717, 1.165) is 5.71 Å². The Balaban J connectivity index is 2.70. The Bertz CT molecular complexity index is 462. The molecule has 0 aromatic rings. The summed E-state index contributed by atoms with van der Waals surface area (Å²) >= 11 is 0. The van der Waals surface area contributed by atoms with Gasteiger partial charge in [-0.3, -0.25) is 4.79 Å². The SMILES string of the molecule is CC1(C)CC(=NNC(=O)[C@H](O)[C@@H](O)[C@H](O)[C@H](O)CO)CC(C)(C)N1. The van der Waals surface area contributed by atoms with Crippen LogP contribution >= 0.6 is 0 Å². The maximum absolute atomic E-state index is 11.9. The molecule has 1 saturated heterocycles. The van der Waals surface area contributed by atoms with Gasteiger partial charge in [-0.1, -0.05) is 0 Å². The average Bonchev–Trinajstić information content (AvgIpc) is 2.46. The molecule has 0 spiro atoms. The Morgan fingerprint density at radius 1 is 1.12 bits per heavy atom. The zero-order chi connectivity index (χ0) is 18.7. The Kier molecular flexibility index (Phi) is 6.85. The first-order valence-electron chi connectivity index (χ1n) is 7.86. The van der Waals surface area contributed by atoms with E-state index in [1.54, 1.807) is 0 Å². The minimum atomic E-state index is -1.99. The first-order chi connectivity index (χ1) is 10.9. The molecule has 0 aromatic heterocycles. The molecule has 0 bridgehead atoms. The second-order valence-electron chi connectivity index (χ2n) is 7.58. The number of hydrogen-bond acceptors (Lipinski definition) is 8. The minimum Gasteiger partial charge on any atom is -0.394 e. The summed E-state index contributed by atoms with van der Waals surface area (Å²) < 4.78 is 0. The fraction of sp³-hybridized carbons (Fsp3) is 0.867. The van der Waals surface area contributed by atoms with Crippen molar-refractivity contribution >= 4 is 11.6 Å². The van der Waals surface area contributed by atoms with Crippen molar-refractivity contribution in [3.63, 3.8) is 0 Å². The Labute approximate surface area is 141 Å². The Morgan fingerprint density at radius 3 is 2.08 bits per heavy atom. The zero-order valence-corrected chi connectivity index (χ0v) is 14.5. The number of hydrogen-bond donors (Lipinski definition) is 7. The maximum atomic E-state index is 11.9. The molecule has 24 heavy (non-hydrogen) atoms. The molecule has 1 aliphatic heterocycles. The summed E-state index contributed by atoms with van der Waals surface area (Å²) in [6.45, 7) is 7.23. The average molecular weight is 347 g/mol. The van der Waals surface area contributed by atoms with Crippen LogP contribution in [0.5, 0.6) is 0 Å². The van der Waals surface area contributed by atoms with Gasteiger partial charge in [-0.05, 0) is 27.7 Å². The number of carbonyl (C=O) groups excluding carboxylic acids is 1. The number of nitrogens with one attached hydrogen (secondary N) is 2. The molecule has 140 valence electrons. The molecule has 0 unspecified atom stereocenters. The standard InChI is InChI=1S/C15H29N3O6/c1-14(2)5-8(6-15(3,4)18-14)16-17-13(24)12(23)11(22)10(21)9(20)7-19/h9-12,18-23H,5-7H2,1-4H3,(H,17,24)/t9-,10-,11+,12-/m1/s1. The van der Waals surface area contributed by atoms with E-state index < -0.39 is 36.9 Å². The van der Waals surface area contributed by atoms with Gasteiger partial charge >= 0.3 is 0 Å². The van der Waals surface area contributed by atoms with Gasteiger partial charge in [0.15, 0.2) is 6.10 Å². The molecule has 0 radical (unpaired) electrons. The monoisotopic (exact) mass is 347 g/mol. The van der Waals surface area contributed by atoms with Gasteiger partial charge < -0.3 is 30.8 Å². The lowest BCUT2D eigenvalue weighted by Crippen LogP contribution is -2.58. The first-order valence-corrected chi connectivity index (χ1v) is 7.86. The van der Waals surface area contributed by atoms with Crippen LogP contribution < -0.4 is 10.7 Å². The molecule has 1 aliphatic rings. The highest BCUT2D eigenvalue weighted by molar-refractivity contribution is 5.89. The number of carbonyl (C=O) groups is 1. The second-order valence-corrected chi connectivity index (χ2v) is 7.58. The third kappa shape index (κ3) is 5.76. The van der Waals surface area contributed by atoms with E-state index in [1.807, 2.05) is 27.7 Å². The summed E-state index contributed by atoms with van der Waals surface area (Å²) in [5.41, 5.74) is 2.50. The second kappa shape index (κ2) is 7.85. The summed E-state index contributed by atoms with van der Waals surface area (Å²) in [5, 5.41) is 54.4. The van der Waals surface area contributed by atoms with Crippen molar-refractivity contribution in [1.29, 1.82) is 0 Å². The van der Waals surface area contributed by atoms with E-state index in [4.69, 9.17) is 5.11 Å². The number of amides is 1. The summed E-state index contributed by atoms with van der Waals surface area (Å²) in [6, 6.07) is 0. The summed E-state index contributed by atoms with van der Waals surface area (Å²) in [7, 11) is 0. The van der Waals surface area contributed by atoms with Gasteiger partial charge in [-0.15, -0.1) is 0 Å². The quantitative estimate of drug-likeness (QED) is 0.270. The number of aliphatic hydroxyl groups excluding tert-OH is 5. The van der Waals surface area contributed by atoms with Gasteiger partial charge in [0.05, 0.1) is 6.61 Å². The van der Waals surface area contributed by atoms with Crippen molar-refractivity contribution in [2.24, 2.45) is 5.10 Å². The number of rotatable bonds is 6. The number of aliphatic hydroxyl groups is 5. The van der Waals surface area contributed by atoms with Crippen molar-refractivity contribution in [3.8, 4) is 0 Å². The predicted octanol–water partition coefficient (Wildman–Crippen LogP) is -2.16. The van der Waals surface area contributed by atoms with Gasteiger partial charge in [0.1, 0.15) is 18.3 Å². The van der Waals surface area contributed by atoms with Gasteiger partial charge in [-0.2, -0.15) is 5.10 Å². The molecule has 1 amide bonds. The predicted molar refractivity (Wildman–Crippen MR) is 87.2 cm³/mol. The number of hydrazone groups is 1. The van der Waals surface area contributed by atoms with Crippen molar-refractivity contribution in [3.05, 3.63) is 0 Å². The molecule has 1 heterocycles. The van der Waals surface area contributed by atoms with E-state index in [1.165, 1.54) is 0 Å². The van der Waals surface area contributed by atoms with Gasteiger partial charge in [0.2, 0.25) is 0 Å². The molecular weight excluding hydrogens is 318 g/mol. The van der Waals surface area contributed by atoms with Crippen LogP contribution in [-0.2, 0) is 4.79 Å². The van der Waals surface area contributed by atoms with Crippen LogP contribution in [0.15, 0.2) is 5.10 Å². The molecule has 0 aromatic carbocycles. The van der Waals surface area contributed by atoms with Crippen LogP contribution in [0, 0.1) is 0 Å². The molecule has 4 atom stereocenters. The van der Waals surface area contributed by atoms with Crippen molar-refractivity contribution < 1.29 is 30.3 Å². The molecule has 7 N–H and O–H groups in total. The lowest BCUT2D eigenvalue weighted by atomic mass is 9.81. The molecule has 9 heteroatoms. The smallest absolute Gasteiger partial charge is 0.271 e. The Morgan fingerprint density at radius 2 is 1.62 bits per heavy atom. The van der Waals surface area contributed by atoms with Crippen LogP contribution in [0.2, 0.25) is 0 Å². The van der Waals surface area contributed by atoms with Crippen LogP contribution in [0.1, 0.15) is 40.5 Å². The zero-order valence-electron chi connectivity index (χ0n) is 14.5. The highest BCUT2D eigenvalue weighted by Gasteiger charge is 2.37. The van der Waals surface area contributed by atoms with E-state index in [9.17, 15) is 25.2 Å². The van der Waals surface area contributed by atoms with Crippen LogP contribution in [0.4, 0.5) is 0 Å². The number of piperidine rings is 1. The van der Waals surface area contributed by atoms with Crippen molar-refractivity contribution in [2.75, 3.05) is 6.61 Å². The fourth-order valence-corrected chi connectivity index (χ4v) is 3.04. The van der Waals surface area contributed by atoms with E-state index >= 15 is 0 Å². The highest BCUT2D eigenvalue weighted by atomic mass is 16.4. The van der Waals surface area contributed by atoms with Crippen LogP contribution in [0.25, 0.3) is 0 Å². The summed E-state index contributed by atoms with van der Waals surface area (Å²) in [5.74, 6) is -1.01. The maximum Gasteiger partial charge on any atom is 0.271 e. The highest BCUT2D eigenvalue weighted by Crippen LogP contribution is 2.26.